The first kappa shape index (κ1) is 30.6. The molecule has 0 aromatic heterocycles. The quantitative estimate of drug-likeness (QED) is 0.134. The lowest BCUT2D eigenvalue weighted by molar-refractivity contribution is -0.401. The molecule has 2 heterocycles. The van der Waals surface area contributed by atoms with Gasteiger partial charge in [0.05, 0.1) is 12.5 Å². The SMILES string of the molecule is C=CCC1(C)C(=CC=CC2=[N+](C)c3ccc4ccccc4c3C2(C)Cc2ccccc2)N(CCC(C)C)c2cc(OC)ccc21. The second-order valence-corrected chi connectivity index (χ2v) is 13.6. The minimum atomic E-state index is -0.199. The lowest BCUT2D eigenvalue weighted by Gasteiger charge is -2.30. The molecule has 4 aromatic carbocycles. The second kappa shape index (κ2) is 12.2. The third-order valence-electron chi connectivity index (χ3n) is 10.1. The van der Waals surface area contributed by atoms with E-state index in [0.29, 0.717) is 5.92 Å². The van der Waals surface area contributed by atoms with Gasteiger partial charge in [-0.1, -0.05) is 86.7 Å². The van der Waals surface area contributed by atoms with Crippen LogP contribution >= 0.6 is 0 Å². The van der Waals surface area contributed by atoms with E-state index in [1.54, 1.807) is 7.11 Å². The minimum absolute atomic E-state index is 0.177. The molecule has 2 unspecified atom stereocenters. The summed E-state index contributed by atoms with van der Waals surface area (Å²) < 4.78 is 8.09. The van der Waals surface area contributed by atoms with Gasteiger partial charge in [0.15, 0.2) is 5.71 Å². The number of benzene rings is 4. The second-order valence-electron chi connectivity index (χ2n) is 13.6. The predicted octanol–water partition coefficient (Wildman–Crippen LogP) is 9.92. The Kier molecular flexibility index (Phi) is 8.31. The van der Waals surface area contributed by atoms with Crippen molar-refractivity contribution in [3.8, 4) is 5.75 Å². The van der Waals surface area contributed by atoms with Crippen molar-refractivity contribution >= 4 is 27.9 Å². The summed E-state index contributed by atoms with van der Waals surface area (Å²) in [6.45, 7) is 14.5. The summed E-state index contributed by atoms with van der Waals surface area (Å²) >= 11 is 0. The molecule has 6 rings (SSSR count). The number of rotatable bonds is 10. The molecule has 0 saturated carbocycles. The molecule has 0 spiro atoms. The molecule has 0 radical (unpaired) electrons. The maximum Gasteiger partial charge on any atom is 0.210 e. The van der Waals surface area contributed by atoms with Gasteiger partial charge < -0.3 is 9.64 Å². The van der Waals surface area contributed by atoms with E-state index in [4.69, 9.17) is 4.74 Å². The normalized spacial score (nSPS) is 21.8. The molecule has 230 valence electrons. The predicted molar refractivity (Wildman–Crippen MR) is 191 cm³/mol. The summed E-state index contributed by atoms with van der Waals surface area (Å²) in [7, 11) is 3.98. The first-order valence-corrected chi connectivity index (χ1v) is 16.3. The van der Waals surface area contributed by atoms with Crippen molar-refractivity contribution in [3.63, 3.8) is 0 Å². The van der Waals surface area contributed by atoms with E-state index in [0.717, 1.165) is 31.6 Å². The monoisotopic (exact) mass is 595 g/mol. The average Bonchev–Trinajstić information content (AvgIpc) is 3.39. The van der Waals surface area contributed by atoms with E-state index in [-0.39, 0.29) is 10.8 Å². The van der Waals surface area contributed by atoms with Gasteiger partial charge in [0, 0.05) is 47.1 Å². The maximum atomic E-state index is 5.68. The van der Waals surface area contributed by atoms with Crippen LogP contribution in [0.5, 0.6) is 5.75 Å². The Hall–Kier alpha value is -4.37. The Morgan fingerprint density at radius 1 is 0.933 bits per heavy atom. The van der Waals surface area contributed by atoms with Gasteiger partial charge in [0.25, 0.3) is 0 Å². The van der Waals surface area contributed by atoms with E-state index < -0.39 is 0 Å². The van der Waals surface area contributed by atoms with Crippen LogP contribution in [0.15, 0.2) is 122 Å². The molecule has 0 aliphatic carbocycles. The number of fused-ring (bicyclic) bond motifs is 4. The summed E-state index contributed by atoms with van der Waals surface area (Å²) in [5.41, 5.74) is 8.88. The third kappa shape index (κ3) is 5.33. The van der Waals surface area contributed by atoms with E-state index in [1.165, 1.54) is 50.2 Å². The van der Waals surface area contributed by atoms with Crippen LogP contribution in [-0.2, 0) is 17.3 Å². The van der Waals surface area contributed by atoms with Gasteiger partial charge in [-0.25, -0.2) is 0 Å². The first-order chi connectivity index (χ1) is 21.7. The standard InChI is InChI=1S/C42H47N2O/c1-8-26-41(4)35-23-22-33(45-7)28-37(35)44(27-25-30(2)3)39(41)20-14-19-38-42(5,29-31-15-10-9-11-16-31)40-34-18-13-12-17-32(34)21-24-36(40)43(38)6/h8-24,28,30H,1,25-27,29H2,2-7H3/q+1. The summed E-state index contributed by atoms with van der Waals surface area (Å²) in [5.74, 6) is 1.50. The number of methoxy groups -OCH3 is 1. The summed E-state index contributed by atoms with van der Waals surface area (Å²) in [6, 6.07) is 30.9. The van der Waals surface area contributed by atoms with Crippen molar-refractivity contribution in [1.29, 1.82) is 0 Å². The lowest BCUT2D eigenvalue weighted by Crippen LogP contribution is -2.33. The molecule has 4 aromatic rings. The Morgan fingerprint density at radius 3 is 2.42 bits per heavy atom. The first-order valence-electron chi connectivity index (χ1n) is 16.3. The van der Waals surface area contributed by atoms with Crippen molar-refractivity contribution in [1.82, 2.24) is 0 Å². The van der Waals surface area contributed by atoms with Crippen LogP contribution in [0.4, 0.5) is 11.4 Å². The molecular weight excluding hydrogens is 548 g/mol. The minimum Gasteiger partial charge on any atom is -0.497 e. The van der Waals surface area contributed by atoms with Gasteiger partial charge in [-0.3, -0.25) is 0 Å². The number of hydrogen-bond donors (Lipinski definition) is 0. The molecule has 0 saturated heterocycles. The molecule has 0 amide bonds. The Morgan fingerprint density at radius 2 is 1.69 bits per heavy atom. The zero-order chi connectivity index (χ0) is 31.8. The number of allylic oxidation sites excluding steroid dienone is 5. The van der Waals surface area contributed by atoms with Crippen LogP contribution in [0.2, 0.25) is 0 Å². The molecule has 3 heteroatoms. The molecular formula is C42H47N2O+. The van der Waals surface area contributed by atoms with E-state index in [2.05, 4.69) is 160 Å². The maximum absolute atomic E-state index is 5.68. The fourth-order valence-corrected chi connectivity index (χ4v) is 7.76. The molecule has 0 bridgehead atoms. The van der Waals surface area contributed by atoms with Crippen molar-refractivity contribution in [2.24, 2.45) is 5.92 Å². The topological polar surface area (TPSA) is 15.5 Å². The van der Waals surface area contributed by atoms with E-state index in [9.17, 15) is 0 Å². The van der Waals surface area contributed by atoms with Crippen LogP contribution in [-0.4, -0.2) is 31.0 Å². The number of hydrogen-bond acceptors (Lipinski definition) is 2. The molecule has 2 atom stereocenters. The summed E-state index contributed by atoms with van der Waals surface area (Å²) in [6.07, 6.45) is 12.0. The molecule has 0 N–H and O–H groups in total. The highest BCUT2D eigenvalue weighted by molar-refractivity contribution is 6.08. The lowest BCUT2D eigenvalue weighted by atomic mass is 9.73. The highest BCUT2D eigenvalue weighted by atomic mass is 16.5. The Balaban J connectivity index is 1.47. The Labute approximate surface area is 269 Å². The number of ether oxygens (including phenoxy) is 1. The van der Waals surface area contributed by atoms with Gasteiger partial charge in [0.1, 0.15) is 12.8 Å². The largest absolute Gasteiger partial charge is 0.497 e. The fraction of sp³-hybridized carbons (Fsp3) is 0.310. The van der Waals surface area contributed by atoms with Gasteiger partial charge in [-0.15, -0.1) is 6.58 Å². The van der Waals surface area contributed by atoms with Gasteiger partial charge in [-0.05, 0) is 79.1 Å². The zero-order valence-corrected chi connectivity index (χ0v) is 27.8. The van der Waals surface area contributed by atoms with Crippen LogP contribution in [0.1, 0.15) is 57.2 Å². The average molecular weight is 596 g/mol. The van der Waals surface area contributed by atoms with E-state index >= 15 is 0 Å². The zero-order valence-electron chi connectivity index (χ0n) is 27.8. The smallest absolute Gasteiger partial charge is 0.210 e. The molecule has 3 nitrogen and oxygen atoms in total. The van der Waals surface area contributed by atoms with Gasteiger partial charge in [0.2, 0.25) is 5.69 Å². The van der Waals surface area contributed by atoms with Gasteiger partial charge in [-0.2, -0.15) is 4.58 Å². The number of nitrogens with zero attached hydrogens (tertiary/aromatic N) is 2. The fourth-order valence-electron chi connectivity index (χ4n) is 7.76. The summed E-state index contributed by atoms with van der Waals surface area (Å²) in [4.78, 5) is 2.53. The van der Waals surface area contributed by atoms with Crippen molar-refractivity contribution in [2.75, 3.05) is 25.6 Å². The van der Waals surface area contributed by atoms with Crippen LogP contribution in [0.3, 0.4) is 0 Å². The van der Waals surface area contributed by atoms with Crippen molar-refractivity contribution < 1.29 is 9.31 Å². The summed E-state index contributed by atoms with van der Waals surface area (Å²) in [5, 5.41) is 2.62. The molecule has 45 heavy (non-hydrogen) atoms. The highest BCUT2D eigenvalue weighted by Crippen LogP contribution is 2.51. The van der Waals surface area contributed by atoms with Crippen LogP contribution in [0.25, 0.3) is 10.8 Å². The highest BCUT2D eigenvalue weighted by Gasteiger charge is 2.48. The Bertz CT molecular complexity index is 1830. The van der Waals surface area contributed by atoms with Crippen molar-refractivity contribution in [3.05, 3.63) is 138 Å². The van der Waals surface area contributed by atoms with Crippen LogP contribution < -0.4 is 9.64 Å². The van der Waals surface area contributed by atoms with E-state index in [1.807, 2.05) is 0 Å². The van der Waals surface area contributed by atoms with Crippen molar-refractivity contribution in [2.45, 2.75) is 57.8 Å². The third-order valence-corrected chi connectivity index (χ3v) is 10.1. The molecule has 2 aliphatic heterocycles. The molecule has 2 aliphatic rings. The number of anilines is 1. The van der Waals surface area contributed by atoms with Gasteiger partial charge >= 0.3 is 0 Å². The van der Waals surface area contributed by atoms with Crippen LogP contribution in [0, 0.1) is 5.92 Å². The molecule has 0 fully saturated rings.